The van der Waals surface area contributed by atoms with Crippen molar-refractivity contribution in [2.24, 2.45) is 5.92 Å². The zero-order valence-electron chi connectivity index (χ0n) is 9.52. The van der Waals surface area contributed by atoms with Crippen molar-refractivity contribution in [3.05, 3.63) is 34.9 Å². The fourth-order valence-electron chi connectivity index (χ4n) is 1.66. The van der Waals surface area contributed by atoms with Crippen LogP contribution in [0.3, 0.4) is 0 Å². The molecule has 0 aromatic heterocycles. The van der Waals surface area contributed by atoms with Gasteiger partial charge < -0.3 is 0 Å². The lowest BCUT2D eigenvalue weighted by molar-refractivity contribution is 0.745. The van der Waals surface area contributed by atoms with Gasteiger partial charge in [0.25, 0.3) is 0 Å². The second kappa shape index (κ2) is 4.86. The van der Waals surface area contributed by atoms with Crippen LogP contribution in [0.5, 0.6) is 0 Å². The van der Waals surface area contributed by atoms with E-state index in [0.717, 1.165) is 6.42 Å². The zero-order valence-corrected chi connectivity index (χ0v) is 9.52. The Bertz CT molecular complexity index is 363. The van der Waals surface area contributed by atoms with Gasteiger partial charge in [-0.2, -0.15) is 0 Å². The maximum atomic E-state index is 3.19. The summed E-state index contributed by atoms with van der Waals surface area (Å²) in [6.07, 6.45) is 1.06. The van der Waals surface area contributed by atoms with Gasteiger partial charge in [0.2, 0.25) is 0 Å². The fourth-order valence-corrected chi connectivity index (χ4v) is 1.66. The van der Waals surface area contributed by atoms with E-state index in [-0.39, 0.29) is 0 Å². The summed E-state index contributed by atoms with van der Waals surface area (Å²) < 4.78 is 0. The molecule has 0 aliphatic heterocycles. The van der Waals surface area contributed by atoms with E-state index in [2.05, 4.69) is 50.8 Å². The summed E-state index contributed by atoms with van der Waals surface area (Å²) in [5.41, 5.74) is 4.22. The van der Waals surface area contributed by atoms with Crippen LogP contribution in [0.2, 0.25) is 0 Å². The minimum Gasteiger partial charge on any atom is -0.106 e. The predicted molar refractivity (Wildman–Crippen MR) is 62.2 cm³/mol. The van der Waals surface area contributed by atoms with Crippen LogP contribution >= 0.6 is 0 Å². The molecule has 0 saturated heterocycles. The summed E-state index contributed by atoms with van der Waals surface area (Å²) in [5.74, 6) is 6.62. The number of aryl methyl sites for hydroxylation is 1. The molecule has 74 valence electrons. The maximum Gasteiger partial charge on any atom is 0.0214 e. The summed E-state index contributed by atoms with van der Waals surface area (Å²) in [7, 11) is 0. The van der Waals surface area contributed by atoms with Crippen LogP contribution in [-0.2, 0) is 6.42 Å². The quantitative estimate of drug-likeness (QED) is 0.620. The van der Waals surface area contributed by atoms with Crippen molar-refractivity contribution in [1.29, 1.82) is 0 Å². The van der Waals surface area contributed by atoms with Gasteiger partial charge in [0, 0.05) is 5.92 Å². The molecule has 0 saturated carbocycles. The van der Waals surface area contributed by atoms with E-state index in [1.54, 1.807) is 0 Å². The van der Waals surface area contributed by atoms with E-state index in [9.17, 15) is 0 Å². The van der Waals surface area contributed by atoms with Crippen LogP contribution < -0.4 is 0 Å². The van der Waals surface area contributed by atoms with Crippen molar-refractivity contribution < 1.29 is 0 Å². The molecule has 0 bridgehead atoms. The molecule has 0 radical (unpaired) electrons. The van der Waals surface area contributed by atoms with Crippen molar-refractivity contribution in [2.45, 2.75) is 34.1 Å². The molecule has 1 atom stereocenters. The smallest absolute Gasteiger partial charge is 0.0214 e. The Morgan fingerprint density at radius 2 is 2.00 bits per heavy atom. The van der Waals surface area contributed by atoms with Gasteiger partial charge in [-0.05, 0) is 43.9 Å². The molecule has 0 heteroatoms. The molecule has 0 heterocycles. The first kappa shape index (κ1) is 10.9. The monoisotopic (exact) mass is 186 g/mol. The SMILES string of the molecule is CC#CC(C)Cc1cccc(C)c1C. The van der Waals surface area contributed by atoms with E-state index >= 15 is 0 Å². The molecule has 1 unspecified atom stereocenters. The van der Waals surface area contributed by atoms with Crippen molar-refractivity contribution in [1.82, 2.24) is 0 Å². The van der Waals surface area contributed by atoms with Crippen LogP contribution in [0.4, 0.5) is 0 Å². The number of hydrogen-bond donors (Lipinski definition) is 0. The first-order valence-electron chi connectivity index (χ1n) is 5.12. The Labute approximate surface area is 87.4 Å². The van der Waals surface area contributed by atoms with E-state index in [4.69, 9.17) is 0 Å². The van der Waals surface area contributed by atoms with Gasteiger partial charge in [-0.1, -0.05) is 25.1 Å². The van der Waals surface area contributed by atoms with Gasteiger partial charge in [-0.3, -0.25) is 0 Å². The van der Waals surface area contributed by atoms with Gasteiger partial charge >= 0.3 is 0 Å². The zero-order chi connectivity index (χ0) is 10.6. The molecule has 0 aliphatic carbocycles. The van der Waals surface area contributed by atoms with E-state index < -0.39 is 0 Å². The van der Waals surface area contributed by atoms with Crippen LogP contribution in [0.25, 0.3) is 0 Å². The average molecular weight is 186 g/mol. The highest BCUT2D eigenvalue weighted by molar-refractivity contribution is 5.33. The molecule has 0 fully saturated rings. The topological polar surface area (TPSA) is 0 Å². The van der Waals surface area contributed by atoms with E-state index in [1.807, 2.05) is 6.92 Å². The summed E-state index contributed by atoms with van der Waals surface area (Å²) in [4.78, 5) is 0. The lowest BCUT2D eigenvalue weighted by atomic mass is 9.95. The van der Waals surface area contributed by atoms with Gasteiger partial charge in [-0.25, -0.2) is 0 Å². The van der Waals surface area contributed by atoms with Crippen LogP contribution in [0, 0.1) is 31.6 Å². The average Bonchev–Trinajstić information content (AvgIpc) is 2.13. The van der Waals surface area contributed by atoms with Crippen molar-refractivity contribution >= 4 is 0 Å². The molecule has 0 nitrogen and oxygen atoms in total. The fraction of sp³-hybridized carbons (Fsp3) is 0.429. The molecule has 1 aromatic rings. The highest BCUT2D eigenvalue weighted by Crippen LogP contribution is 2.16. The molecule has 1 aromatic carbocycles. The Hall–Kier alpha value is -1.22. The van der Waals surface area contributed by atoms with Crippen molar-refractivity contribution in [3.8, 4) is 11.8 Å². The van der Waals surface area contributed by atoms with Crippen molar-refractivity contribution in [2.75, 3.05) is 0 Å². The lowest BCUT2D eigenvalue weighted by Crippen LogP contribution is -1.99. The molecule has 1 rings (SSSR count). The normalized spacial score (nSPS) is 11.7. The predicted octanol–water partition coefficient (Wildman–Crippen LogP) is 3.51. The molecule has 0 amide bonds. The second-order valence-electron chi connectivity index (χ2n) is 3.86. The second-order valence-corrected chi connectivity index (χ2v) is 3.86. The Balaban J connectivity index is 2.85. The summed E-state index contributed by atoms with van der Waals surface area (Å²) in [6.45, 7) is 8.43. The summed E-state index contributed by atoms with van der Waals surface area (Å²) in [5, 5.41) is 0. The van der Waals surface area contributed by atoms with Crippen LogP contribution in [0.15, 0.2) is 18.2 Å². The van der Waals surface area contributed by atoms with E-state index in [1.165, 1.54) is 16.7 Å². The minimum atomic E-state index is 0.459. The Kier molecular flexibility index (Phi) is 3.77. The lowest BCUT2D eigenvalue weighted by Gasteiger charge is -2.09. The highest BCUT2D eigenvalue weighted by atomic mass is 14.1. The standard InChI is InChI=1S/C14H18/c1-5-7-11(2)10-14-9-6-8-12(3)13(14)4/h6,8-9,11H,10H2,1-4H3. The van der Waals surface area contributed by atoms with Gasteiger partial charge in [0.15, 0.2) is 0 Å². The third-order valence-corrected chi connectivity index (χ3v) is 2.63. The van der Waals surface area contributed by atoms with Gasteiger partial charge in [0.1, 0.15) is 0 Å². The molecular formula is C14H18. The van der Waals surface area contributed by atoms with Crippen LogP contribution in [-0.4, -0.2) is 0 Å². The van der Waals surface area contributed by atoms with Gasteiger partial charge in [-0.15, -0.1) is 11.8 Å². The Morgan fingerprint density at radius 1 is 1.29 bits per heavy atom. The van der Waals surface area contributed by atoms with Crippen molar-refractivity contribution in [3.63, 3.8) is 0 Å². The molecule has 0 N–H and O–H groups in total. The Morgan fingerprint density at radius 3 is 2.64 bits per heavy atom. The number of hydrogen-bond acceptors (Lipinski definition) is 0. The molecule has 14 heavy (non-hydrogen) atoms. The summed E-state index contributed by atoms with van der Waals surface area (Å²) in [6, 6.07) is 6.49. The molecule has 0 aliphatic rings. The highest BCUT2D eigenvalue weighted by Gasteiger charge is 2.04. The first-order chi connectivity index (χ1) is 6.65. The molecular weight excluding hydrogens is 168 g/mol. The molecule has 0 spiro atoms. The number of rotatable bonds is 2. The van der Waals surface area contributed by atoms with E-state index in [0.29, 0.717) is 5.92 Å². The minimum absolute atomic E-state index is 0.459. The number of benzene rings is 1. The van der Waals surface area contributed by atoms with Gasteiger partial charge in [0.05, 0.1) is 0 Å². The third-order valence-electron chi connectivity index (χ3n) is 2.63. The third kappa shape index (κ3) is 2.64. The largest absolute Gasteiger partial charge is 0.106 e. The first-order valence-corrected chi connectivity index (χ1v) is 5.12. The van der Waals surface area contributed by atoms with Crippen LogP contribution in [0.1, 0.15) is 30.5 Å². The maximum absolute atomic E-state index is 3.19. The summed E-state index contributed by atoms with van der Waals surface area (Å²) >= 11 is 0.